The average Bonchev–Trinajstić information content (AvgIpc) is 3.16. The molecule has 0 saturated carbocycles. The Bertz CT molecular complexity index is 1170. The third kappa shape index (κ3) is 3.50. The van der Waals surface area contributed by atoms with E-state index in [1.54, 1.807) is 41.1 Å². The number of urea groups is 1. The van der Waals surface area contributed by atoms with Crippen molar-refractivity contribution >= 4 is 23.8 Å². The summed E-state index contributed by atoms with van der Waals surface area (Å²) in [6, 6.07) is 17.0. The molecule has 2 aromatic rings. The van der Waals surface area contributed by atoms with Crippen LogP contribution in [0.2, 0.25) is 0 Å². The molecule has 0 radical (unpaired) electrons. The summed E-state index contributed by atoms with van der Waals surface area (Å²) in [5, 5.41) is 2.93. The van der Waals surface area contributed by atoms with E-state index in [-0.39, 0.29) is 42.8 Å². The van der Waals surface area contributed by atoms with Gasteiger partial charge in [-0.2, -0.15) is 0 Å². The number of imide groups is 1. The smallest absolute Gasteiger partial charge is 0.326 e. The van der Waals surface area contributed by atoms with Gasteiger partial charge < -0.3 is 15.1 Å². The Kier molecular flexibility index (Phi) is 5.62. The minimum Gasteiger partial charge on any atom is -0.336 e. The van der Waals surface area contributed by atoms with Gasteiger partial charge in [-0.3, -0.25) is 19.3 Å². The number of amides is 5. The zero-order valence-corrected chi connectivity index (χ0v) is 20.2. The van der Waals surface area contributed by atoms with Gasteiger partial charge in [0.1, 0.15) is 6.04 Å². The SMILES string of the molecule is CC(C)C1CN(C)C(=O)N1C(=O)[C@H]1C[C@@H]2C(=O)N[C@@]1(c1ccccc1)C(=O)N2Cc1ccccc1. The van der Waals surface area contributed by atoms with Crippen molar-refractivity contribution in [2.45, 2.75) is 44.4 Å². The zero-order chi connectivity index (χ0) is 24.9. The molecule has 182 valence electrons. The third-order valence-electron chi connectivity index (χ3n) is 7.63. The molecule has 4 aliphatic rings. The van der Waals surface area contributed by atoms with E-state index in [0.717, 1.165) is 5.56 Å². The van der Waals surface area contributed by atoms with E-state index < -0.39 is 23.4 Å². The first kappa shape index (κ1) is 23.1. The summed E-state index contributed by atoms with van der Waals surface area (Å²) < 4.78 is 0. The summed E-state index contributed by atoms with van der Waals surface area (Å²) in [5.41, 5.74) is -0.111. The van der Waals surface area contributed by atoms with Gasteiger partial charge in [0.25, 0.3) is 5.91 Å². The molecule has 0 spiro atoms. The number of hydrogen-bond donors (Lipinski definition) is 1. The first-order valence-electron chi connectivity index (χ1n) is 12.1. The predicted molar refractivity (Wildman–Crippen MR) is 129 cm³/mol. The van der Waals surface area contributed by atoms with Gasteiger partial charge in [0, 0.05) is 20.1 Å². The molecule has 0 aliphatic carbocycles. The lowest BCUT2D eigenvalue weighted by Crippen LogP contribution is -2.77. The number of nitrogens with zero attached hydrogens (tertiary/aromatic N) is 3. The van der Waals surface area contributed by atoms with Crippen molar-refractivity contribution < 1.29 is 19.2 Å². The van der Waals surface area contributed by atoms with Crippen LogP contribution < -0.4 is 5.32 Å². The molecule has 2 aromatic carbocycles. The van der Waals surface area contributed by atoms with Gasteiger partial charge >= 0.3 is 6.03 Å². The van der Waals surface area contributed by atoms with Crippen molar-refractivity contribution in [1.29, 1.82) is 0 Å². The Morgan fingerprint density at radius 2 is 1.66 bits per heavy atom. The lowest BCUT2D eigenvalue weighted by molar-refractivity contribution is -0.173. The molecule has 35 heavy (non-hydrogen) atoms. The molecule has 2 bridgehead atoms. The number of likely N-dealkylation sites (N-methyl/N-ethyl adjacent to an activating group) is 1. The van der Waals surface area contributed by atoms with E-state index in [4.69, 9.17) is 0 Å². The van der Waals surface area contributed by atoms with Gasteiger partial charge in [-0.25, -0.2) is 4.79 Å². The fraction of sp³-hybridized carbons (Fsp3) is 0.407. The van der Waals surface area contributed by atoms with Crippen LogP contribution in [0.1, 0.15) is 31.4 Å². The normalized spacial score (nSPS) is 28.2. The molecule has 8 heteroatoms. The molecule has 4 fully saturated rings. The highest BCUT2D eigenvalue weighted by Crippen LogP contribution is 2.46. The lowest BCUT2D eigenvalue weighted by atomic mass is 9.66. The highest BCUT2D eigenvalue weighted by Gasteiger charge is 2.65. The van der Waals surface area contributed by atoms with Crippen molar-refractivity contribution in [3.63, 3.8) is 0 Å². The lowest BCUT2D eigenvalue weighted by Gasteiger charge is -2.55. The summed E-state index contributed by atoms with van der Waals surface area (Å²) in [5.74, 6) is -1.83. The molecule has 1 unspecified atom stereocenters. The fourth-order valence-electron chi connectivity index (χ4n) is 5.76. The van der Waals surface area contributed by atoms with Crippen LogP contribution in [-0.4, -0.2) is 64.1 Å². The van der Waals surface area contributed by atoms with Crippen molar-refractivity contribution in [3.8, 4) is 0 Å². The van der Waals surface area contributed by atoms with Crippen molar-refractivity contribution in [2.75, 3.05) is 13.6 Å². The van der Waals surface area contributed by atoms with Crippen molar-refractivity contribution in [3.05, 3.63) is 71.8 Å². The van der Waals surface area contributed by atoms with Gasteiger partial charge in [0.05, 0.1) is 12.0 Å². The summed E-state index contributed by atoms with van der Waals surface area (Å²) in [6.07, 6.45) is 0.163. The third-order valence-corrected chi connectivity index (χ3v) is 7.63. The quantitative estimate of drug-likeness (QED) is 0.720. The summed E-state index contributed by atoms with van der Waals surface area (Å²) >= 11 is 0. The van der Waals surface area contributed by atoms with E-state index in [1.807, 2.05) is 50.2 Å². The maximum absolute atomic E-state index is 14.2. The van der Waals surface area contributed by atoms with Crippen LogP contribution in [-0.2, 0) is 26.5 Å². The Hall–Kier alpha value is -3.68. The number of piperazine rings is 1. The van der Waals surface area contributed by atoms with Crippen LogP contribution in [0.5, 0.6) is 0 Å². The molecule has 6 rings (SSSR count). The second kappa shape index (κ2) is 8.52. The van der Waals surface area contributed by atoms with Gasteiger partial charge in [-0.15, -0.1) is 0 Å². The van der Waals surface area contributed by atoms with Gasteiger partial charge in [0.15, 0.2) is 5.54 Å². The maximum atomic E-state index is 14.2. The Balaban J connectivity index is 1.59. The van der Waals surface area contributed by atoms with Crippen LogP contribution in [0.3, 0.4) is 0 Å². The minimum atomic E-state index is -1.57. The van der Waals surface area contributed by atoms with E-state index >= 15 is 0 Å². The number of piperidine rings is 2. The minimum absolute atomic E-state index is 0.0566. The fourth-order valence-corrected chi connectivity index (χ4v) is 5.76. The number of fused-ring (bicyclic) bond motifs is 3. The van der Waals surface area contributed by atoms with Gasteiger partial charge in [-0.1, -0.05) is 74.5 Å². The number of carbonyl (C=O) groups is 4. The molecule has 4 aliphatic heterocycles. The molecule has 4 saturated heterocycles. The average molecular weight is 475 g/mol. The standard InChI is InChI=1S/C27H30N4O4/c1-17(2)22-16-29(3)26(35)31(22)24(33)20-14-21-23(32)28-27(20,19-12-8-5-9-13-19)25(34)30(21)15-18-10-6-4-7-11-18/h4-13,17,20-22H,14-16H2,1-3H3,(H,28,32)/t20-,21-,22?,27-/m1/s1. The molecule has 5 amide bonds. The van der Waals surface area contributed by atoms with E-state index in [9.17, 15) is 19.2 Å². The number of nitrogens with one attached hydrogen (secondary N) is 1. The Morgan fingerprint density at radius 3 is 2.29 bits per heavy atom. The molecule has 4 heterocycles. The van der Waals surface area contributed by atoms with Crippen molar-refractivity contribution in [2.24, 2.45) is 11.8 Å². The van der Waals surface area contributed by atoms with Crippen LogP contribution in [0, 0.1) is 11.8 Å². The molecular formula is C27H30N4O4. The van der Waals surface area contributed by atoms with Crippen LogP contribution in [0.25, 0.3) is 0 Å². The molecule has 8 nitrogen and oxygen atoms in total. The summed E-state index contributed by atoms with van der Waals surface area (Å²) in [7, 11) is 1.68. The van der Waals surface area contributed by atoms with Crippen LogP contribution in [0.4, 0.5) is 4.79 Å². The maximum Gasteiger partial charge on any atom is 0.326 e. The topological polar surface area (TPSA) is 90.0 Å². The highest BCUT2D eigenvalue weighted by atomic mass is 16.2. The Morgan fingerprint density at radius 1 is 1.03 bits per heavy atom. The number of carbonyl (C=O) groups excluding carboxylic acids is 4. The van der Waals surface area contributed by atoms with E-state index in [0.29, 0.717) is 12.1 Å². The number of hydrogen-bond acceptors (Lipinski definition) is 4. The van der Waals surface area contributed by atoms with Crippen molar-refractivity contribution in [1.82, 2.24) is 20.0 Å². The first-order valence-corrected chi connectivity index (χ1v) is 12.1. The number of rotatable bonds is 5. The second-order valence-electron chi connectivity index (χ2n) is 10.1. The van der Waals surface area contributed by atoms with E-state index in [2.05, 4.69) is 5.32 Å². The molecule has 4 atom stereocenters. The summed E-state index contributed by atoms with van der Waals surface area (Å²) in [4.78, 5) is 59.1. The second-order valence-corrected chi connectivity index (χ2v) is 10.1. The molecular weight excluding hydrogens is 444 g/mol. The predicted octanol–water partition coefficient (Wildman–Crippen LogP) is 2.35. The van der Waals surface area contributed by atoms with E-state index in [1.165, 1.54) is 4.90 Å². The van der Waals surface area contributed by atoms with Gasteiger partial charge in [-0.05, 0) is 23.5 Å². The van der Waals surface area contributed by atoms with Crippen LogP contribution in [0.15, 0.2) is 60.7 Å². The first-order chi connectivity index (χ1) is 16.8. The Labute approximate surface area is 204 Å². The highest BCUT2D eigenvalue weighted by molar-refractivity contribution is 6.08. The molecule has 0 aromatic heterocycles. The number of benzene rings is 2. The van der Waals surface area contributed by atoms with Crippen LogP contribution >= 0.6 is 0 Å². The monoisotopic (exact) mass is 474 g/mol. The summed E-state index contributed by atoms with van der Waals surface area (Å²) in [6.45, 7) is 4.67. The zero-order valence-electron chi connectivity index (χ0n) is 20.2. The van der Waals surface area contributed by atoms with Gasteiger partial charge in [0.2, 0.25) is 11.8 Å². The molecule has 1 N–H and O–H groups in total. The largest absolute Gasteiger partial charge is 0.336 e.